The van der Waals surface area contributed by atoms with Gasteiger partial charge in [-0.05, 0) is 76.9 Å². The number of nitrogens with one attached hydrogen (secondary N) is 3. The first-order chi connectivity index (χ1) is 31.5. The summed E-state index contributed by atoms with van der Waals surface area (Å²) in [5.41, 5.74) is 4.08. The van der Waals surface area contributed by atoms with Crippen LogP contribution in [0.3, 0.4) is 0 Å². The first-order valence-corrected chi connectivity index (χ1v) is 20.9. The fraction of sp³-hybridized carbons (Fsp3) is 0.651. The lowest BCUT2D eigenvalue weighted by Gasteiger charge is -2.21. The van der Waals surface area contributed by atoms with Crippen molar-refractivity contribution in [3.05, 3.63) is 25.3 Å². The number of alkyl carbamates (subject to hydrolysis) is 2. The summed E-state index contributed by atoms with van der Waals surface area (Å²) in [6.07, 6.45) is -2.00. The van der Waals surface area contributed by atoms with Crippen molar-refractivity contribution in [1.29, 1.82) is 0 Å². The smallest absolute Gasteiger partial charge is 0.407 e. The molecule has 70 heavy (non-hydrogen) atoms. The van der Waals surface area contributed by atoms with E-state index in [1.807, 2.05) is 0 Å². The molecule has 0 aliphatic carbocycles. The van der Waals surface area contributed by atoms with E-state index >= 15 is 0 Å². The number of halogens is 2. The molecule has 0 aliphatic heterocycles. The van der Waals surface area contributed by atoms with Crippen molar-refractivity contribution in [1.82, 2.24) is 16.0 Å². The number of nitrogens with two attached hydrogens (primary N) is 1. The van der Waals surface area contributed by atoms with Crippen LogP contribution in [-0.2, 0) is 81.0 Å². The van der Waals surface area contributed by atoms with Crippen molar-refractivity contribution in [3.8, 4) is 0 Å². The van der Waals surface area contributed by atoms with Gasteiger partial charge in [0, 0.05) is 61.6 Å². The Morgan fingerprint density at radius 1 is 0.557 bits per heavy atom. The van der Waals surface area contributed by atoms with Crippen molar-refractivity contribution >= 4 is 87.6 Å². The summed E-state index contributed by atoms with van der Waals surface area (Å²) < 4.78 is 38.4. The number of hydrogen-bond donors (Lipinski definition) is 6. The van der Waals surface area contributed by atoms with Gasteiger partial charge in [-0.1, -0.05) is 20.6 Å². The summed E-state index contributed by atoms with van der Waals surface area (Å²) in [7, 11) is 0. The molecule has 27 heteroatoms. The highest BCUT2D eigenvalue weighted by Gasteiger charge is 2.20. The number of esters is 6. The monoisotopic (exact) mass is 1050 g/mol. The third-order valence-electron chi connectivity index (χ3n) is 5.49. The maximum absolute atomic E-state index is 11.4. The molecule has 7 N–H and O–H groups in total. The van der Waals surface area contributed by atoms with Crippen LogP contribution in [0.1, 0.15) is 97.4 Å². The van der Waals surface area contributed by atoms with Gasteiger partial charge < -0.3 is 69.8 Å². The van der Waals surface area contributed by atoms with Gasteiger partial charge in [0.25, 0.3) is 0 Å². The second-order valence-corrected chi connectivity index (χ2v) is 15.8. The van der Waals surface area contributed by atoms with E-state index in [9.17, 15) is 52.7 Å². The Morgan fingerprint density at radius 3 is 1.09 bits per heavy atom. The summed E-state index contributed by atoms with van der Waals surface area (Å²) in [5, 5.41) is 23.6. The highest BCUT2D eigenvalue weighted by Crippen LogP contribution is 2.07. The number of ether oxygens (including phenoxy) is 8. The minimum Gasteiger partial charge on any atom is -0.462 e. The van der Waals surface area contributed by atoms with Crippen LogP contribution < -0.4 is 21.7 Å². The molecule has 3 amide bonds. The quantitative estimate of drug-likeness (QED) is 0.0468. The third kappa shape index (κ3) is 79.2. The maximum Gasteiger partial charge on any atom is 0.407 e. The first-order valence-electron chi connectivity index (χ1n) is 20.2. The average molecular weight is 1060 g/mol. The van der Waals surface area contributed by atoms with Gasteiger partial charge >= 0.3 is 48.0 Å². The Kier molecular flexibility index (Phi) is 52.4. The van der Waals surface area contributed by atoms with E-state index in [0.717, 1.165) is 12.2 Å². The fourth-order valence-corrected chi connectivity index (χ4v) is 3.13. The molecule has 0 fully saturated rings. The fourth-order valence-electron chi connectivity index (χ4n) is 3.13. The van der Waals surface area contributed by atoms with Gasteiger partial charge in [-0.15, -0.1) is 0 Å². The van der Waals surface area contributed by atoms with E-state index in [0.29, 0.717) is 0 Å². The number of allylic oxidation sites excluding steroid dienone is 1. The molecule has 0 saturated heterocycles. The van der Waals surface area contributed by atoms with Crippen molar-refractivity contribution in [3.63, 3.8) is 0 Å². The largest absolute Gasteiger partial charge is 0.462 e. The zero-order valence-corrected chi connectivity index (χ0v) is 43.0. The molecular weight excluding hydrogens is 979 g/mol. The number of carbonyl (C=O) groups excluding carboxylic acids is 11. The van der Waals surface area contributed by atoms with Gasteiger partial charge in [0.15, 0.2) is 12.2 Å². The van der Waals surface area contributed by atoms with Crippen molar-refractivity contribution in [2.75, 3.05) is 52.6 Å². The van der Waals surface area contributed by atoms with Crippen LogP contribution in [0.15, 0.2) is 25.3 Å². The van der Waals surface area contributed by atoms with Crippen LogP contribution in [0.2, 0.25) is 0 Å². The zero-order chi connectivity index (χ0) is 55.5. The number of amides is 3. The summed E-state index contributed by atoms with van der Waals surface area (Å²) >= 11 is 9.34. The Hall–Kier alpha value is -5.89. The van der Waals surface area contributed by atoms with Crippen molar-refractivity contribution in [2.45, 2.75) is 133 Å². The highest BCUT2D eigenvalue weighted by molar-refractivity contribution is 6.66. The van der Waals surface area contributed by atoms with Crippen LogP contribution in [-0.4, -0.2) is 163 Å². The number of carbonyl (C=O) groups is 11. The summed E-state index contributed by atoms with van der Waals surface area (Å²) in [4.78, 5) is 116. The normalized spacial score (nSPS) is 11.3. The van der Waals surface area contributed by atoms with Crippen LogP contribution in [0.5, 0.6) is 0 Å². The minimum absolute atomic E-state index is 0. The standard InChI is InChI=1S/C12H21NO6.C10H15NO5.C8H17NO4.C7H13NO4.C3H3ClO.C2H3ClO.CH4/c1-8(14)17-7-10(18-9(2)15)6-13-11(16)19-12(3,4)5;1-4-10(14)11-5-9(16-8(3)13)6-15-7(2)12;1-8(2,3)13-7(12)9-4-6(11)5-10;1-5(9)11-4-7(3-8)12-6(2)10;1-2-3(4)5;1-2(3)4;/h10H,6-7H2,1-5H3,(H,13,16);4,9H,1,5-6H2,2-3H3,(H,11,14);6,10-11H,4-5H2,1-3H3,(H,9,12);7H,3-4,8H2,1-2H3;2H,1H2;1H3;1H4. The van der Waals surface area contributed by atoms with Crippen LogP contribution in [0, 0.1) is 0 Å². The molecule has 25 nitrogen and oxygen atoms in total. The molecule has 0 spiro atoms. The van der Waals surface area contributed by atoms with E-state index in [1.54, 1.807) is 41.5 Å². The lowest BCUT2D eigenvalue weighted by Crippen LogP contribution is -2.40. The van der Waals surface area contributed by atoms with Crippen molar-refractivity contribution in [2.24, 2.45) is 5.73 Å². The van der Waals surface area contributed by atoms with E-state index in [-0.39, 0.29) is 71.2 Å². The van der Waals surface area contributed by atoms with Gasteiger partial charge in [-0.25, -0.2) is 9.59 Å². The molecule has 0 aliphatic rings. The number of aliphatic hydroxyl groups excluding tert-OH is 2. The van der Waals surface area contributed by atoms with E-state index in [2.05, 4.69) is 50.2 Å². The molecule has 0 aromatic rings. The van der Waals surface area contributed by atoms with Gasteiger partial charge in [-0.2, -0.15) is 0 Å². The molecule has 0 radical (unpaired) electrons. The number of hydrogen-bond acceptors (Lipinski definition) is 22. The molecule has 0 rings (SSSR count). The summed E-state index contributed by atoms with van der Waals surface area (Å²) in [6.45, 7) is 25.2. The summed E-state index contributed by atoms with van der Waals surface area (Å²) in [5.74, 6) is -3.24. The molecular formula is C43H76Cl2N4O21. The molecule has 0 aromatic heterocycles. The first kappa shape index (κ1) is 78.3. The SMILES string of the molecule is C.C=CC(=O)Cl.C=CC(=O)NCC(COC(C)=O)OC(C)=O.CC(=O)Cl.CC(=O)OCC(CN)OC(C)=O.CC(=O)OCC(CNC(=O)OC(C)(C)C)OC(C)=O.CC(C)(C)OC(=O)NCC(O)CO. The second kappa shape index (κ2) is 46.8. The third-order valence-corrected chi connectivity index (χ3v) is 5.65. The Morgan fingerprint density at radius 2 is 0.843 bits per heavy atom. The van der Waals surface area contributed by atoms with Gasteiger partial charge in [-0.3, -0.25) is 43.2 Å². The minimum atomic E-state index is -0.937. The molecule has 0 saturated carbocycles. The predicted molar refractivity (Wildman–Crippen MR) is 255 cm³/mol. The summed E-state index contributed by atoms with van der Waals surface area (Å²) in [6, 6.07) is 0. The molecule has 0 aromatic carbocycles. The van der Waals surface area contributed by atoms with E-state index in [4.69, 9.17) is 56.0 Å². The predicted octanol–water partition coefficient (Wildman–Crippen LogP) is 2.44. The number of aliphatic hydroxyl groups is 2. The molecule has 0 heterocycles. The Balaban J connectivity index is -0.000000143. The average Bonchev–Trinajstić information content (AvgIpc) is 3.19. The second-order valence-electron chi connectivity index (χ2n) is 14.9. The molecule has 0 bridgehead atoms. The van der Waals surface area contributed by atoms with Crippen LogP contribution in [0.4, 0.5) is 9.59 Å². The van der Waals surface area contributed by atoms with Gasteiger partial charge in [0.05, 0.1) is 25.8 Å². The lowest BCUT2D eigenvalue weighted by molar-refractivity contribution is -0.156. The lowest BCUT2D eigenvalue weighted by atomic mass is 10.2. The Labute approximate surface area is 420 Å². The zero-order valence-electron chi connectivity index (χ0n) is 41.5. The highest BCUT2D eigenvalue weighted by atomic mass is 35.5. The molecule has 4 atom stereocenters. The van der Waals surface area contributed by atoms with Crippen LogP contribution in [0.25, 0.3) is 0 Å². The number of rotatable bonds is 19. The van der Waals surface area contributed by atoms with Gasteiger partial charge in [0.1, 0.15) is 37.1 Å². The van der Waals surface area contributed by atoms with E-state index in [1.165, 1.54) is 48.5 Å². The van der Waals surface area contributed by atoms with Gasteiger partial charge in [0.2, 0.25) is 16.4 Å². The molecule has 4 unspecified atom stereocenters. The molecule has 408 valence electrons. The topological polar surface area (TPSA) is 364 Å². The maximum atomic E-state index is 11.4. The van der Waals surface area contributed by atoms with Crippen LogP contribution >= 0.6 is 23.2 Å². The van der Waals surface area contributed by atoms with E-state index < -0.39 is 88.9 Å². The Bertz CT molecular complexity index is 1600. The van der Waals surface area contributed by atoms with Crippen molar-refractivity contribution < 1.29 is 101 Å².